The van der Waals surface area contributed by atoms with Crippen LogP contribution in [0, 0.1) is 5.82 Å². The number of amides is 3. The van der Waals surface area contributed by atoms with Gasteiger partial charge in [-0.05, 0) is 48.1 Å². The van der Waals surface area contributed by atoms with E-state index in [4.69, 9.17) is 0 Å². The van der Waals surface area contributed by atoms with Crippen LogP contribution in [0.2, 0.25) is 0 Å². The van der Waals surface area contributed by atoms with Gasteiger partial charge in [0.15, 0.2) is 0 Å². The predicted octanol–water partition coefficient (Wildman–Crippen LogP) is 5.32. The van der Waals surface area contributed by atoms with Gasteiger partial charge in [0.25, 0.3) is 5.92 Å². The fraction of sp³-hybridized carbons (Fsp3) is 0.444. The highest BCUT2D eigenvalue weighted by atomic mass is 19.3. The lowest BCUT2D eigenvalue weighted by molar-refractivity contribution is -0.132. The zero-order chi connectivity index (χ0) is 27.2. The zero-order valence-corrected chi connectivity index (χ0v) is 21.1. The number of ether oxygens (including phenoxy) is 1. The molecule has 1 unspecified atom stereocenters. The van der Waals surface area contributed by atoms with Gasteiger partial charge in [-0.3, -0.25) is 14.5 Å². The third kappa shape index (κ3) is 7.02. The molecule has 0 heterocycles. The van der Waals surface area contributed by atoms with E-state index in [2.05, 4.69) is 15.4 Å². The third-order valence-corrected chi connectivity index (χ3v) is 6.18. The van der Waals surface area contributed by atoms with E-state index in [1.165, 1.54) is 18.2 Å². The Hall–Kier alpha value is -3.56. The molecule has 37 heavy (non-hydrogen) atoms. The minimum atomic E-state index is -2.85. The second-order valence-electron chi connectivity index (χ2n) is 8.86. The van der Waals surface area contributed by atoms with Gasteiger partial charge in [-0.2, -0.15) is 0 Å². The van der Waals surface area contributed by atoms with Crippen LogP contribution in [0.25, 0.3) is 0 Å². The van der Waals surface area contributed by atoms with Gasteiger partial charge in [0.1, 0.15) is 18.4 Å². The fourth-order valence-corrected chi connectivity index (χ4v) is 4.34. The number of hydrogen-bond acceptors (Lipinski definition) is 4. The van der Waals surface area contributed by atoms with Crippen LogP contribution in [0.3, 0.4) is 0 Å². The van der Waals surface area contributed by atoms with Crippen molar-refractivity contribution in [2.45, 2.75) is 63.5 Å². The van der Waals surface area contributed by atoms with Gasteiger partial charge in [0, 0.05) is 26.0 Å². The number of methoxy groups -OCH3 is 1. The molecular formula is C27H34F3N3O4. The van der Waals surface area contributed by atoms with Gasteiger partial charge in [0.05, 0.1) is 7.11 Å². The molecular weight excluding hydrogens is 487 g/mol. The Labute approximate surface area is 215 Å². The molecule has 2 aliphatic carbocycles. The second kappa shape index (κ2) is 12.1. The van der Waals surface area contributed by atoms with Crippen LogP contribution >= 0.6 is 0 Å². The molecule has 1 atom stereocenters. The average molecular weight is 522 g/mol. The number of benzene rings is 2. The van der Waals surface area contributed by atoms with Crippen LogP contribution in [0.15, 0.2) is 48.5 Å². The van der Waals surface area contributed by atoms with E-state index in [-0.39, 0.29) is 13.0 Å². The van der Waals surface area contributed by atoms with Crippen LogP contribution in [0.5, 0.6) is 0 Å². The van der Waals surface area contributed by atoms with Gasteiger partial charge in [-0.1, -0.05) is 44.2 Å². The molecule has 4 rings (SSSR count). The van der Waals surface area contributed by atoms with Gasteiger partial charge in [0.2, 0.25) is 11.8 Å². The molecule has 2 fully saturated rings. The molecule has 0 bridgehead atoms. The van der Waals surface area contributed by atoms with Crippen LogP contribution in [-0.2, 0) is 14.3 Å². The first-order chi connectivity index (χ1) is 17.7. The summed E-state index contributed by atoms with van der Waals surface area (Å²) in [6, 6.07) is 10.3. The number of carbonyl (C=O) groups excluding carboxylic acids is 3. The minimum absolute atomic E-state index is 0. The summed E-state index contributed by atoms with van der Waals surface area (Å²) in [6.45, 7) is 3.47. The first-order valence-electron chi connectivity index (χ1n) is 12.3. The SMILES string of the molecule is CC.COC(=O)NCC(=O)N(c1cccc(F)c1)C(C(=O)NC1CC(F)(F)C1)c1ccccc1C1CC1.[HH]. The molecule has 10 heteroatoms. The quantitative estimate of drug-likeness (QED) is 0.492. The number of alkyl carbamates (subject to hydrolysis) is 1. The monoisotopic (exact) mass is 521 g/mol. The minimum Gasteiger partial charge on any atom is -0.453 e. The van der Waals surface area contributed by atoms with Crippen LogP contribution in [0.4, 0.5) is 23.7 Å². The summed E-state index contributed by atoms with van der Waals surface area (Å²) in [5, 5.41) is 4.92. The Kier molecular flexibility index (Phi) is 9.18. The van der Waals surface area contributed by atoms with E-state index in [1.807, 2.05) is 26.0 Å². The van der Waals surface area contributed by atoms with Crippen molar-refractivity contribution in [1.82, 2.24) is 10.6 Å². The second-order valence-corrected chi connectivity index (χ2v) is 8.86. The van der Waals surface area contributed by atoms with Gasteiger partial charge < -0.3 is 15.4 Å². The van der Waals surface area contributed by atoms with Crippen molar-refractivity contribution >= 4 is 23.6 Å². The summed E-state index contributed by atoms with van der Waals surface area (Å²) in [4.78, 5) is 39.7. The van der Waals surface area contributed by atoms with Gasteiger partial charge >= 0.3 is 6.09 Å². The Morgan fingerprint density at radius 3 is 2.38 bits per heavy atom. The largest absolute Gasteiger partial charge is 0.453 e. The molecule has 2 N–H and O–H groups in total. The topological polar surface area (TPSA) is 87.7 Å². The van der Waals surface area contributed by atoms with E-state index in [0.29, 0.717) is 5.56 Å². The van der Waals surface area contributed by atoms with E-state index in [9.17, 15) is 27.6 Å². The maximum Gasteiger partial charge on any atom is 0.407 e. The summed E-state index contributed by atoms with van der Waals surface area (Å²) >= 11 is 0. The average Bonchev–Trinajstić information content (AvgIpc) is 3.71. The highest BCUT2D eigenvalue weighted by Crippen LogP contribution is 2.45. The fourth-order valence-electron chi connectivity index (χ4n) is 4.34. The number of anilines is 1. The highest BCUT2D eigenvalue weighted by Gasteiger charge is 2.47. The summed E-state index contributed by atoms with van der Waals surface area (Å²) in [5.41, 5.74) is 1.47. The van der Waals surface area contributed by atoms with Crippen molar-refractivity contribution in [3.63, 3.8) is 0 Å². The number of carbonyl (C=O) groups is 3. The molecule has 0 aromatic heterocycles. The summed E-state index contributed by atoms with van der Waals surface area (Å²) in [6.07, 6.45) is -0.00879. The summed E-state index contributed by atoms with van der Waals surface area (Å²) in [7, 11) is 1.14. The molecule has 2 aromatic rings. The summed E-state index contributed by atoms with van der Waals surface area (Å²) in [5.74, 6) is -4.64. The first-order valence-corrected chi connectivity index (χ1v) is 12.3. The van der Waals surface area contributed by atoms with Crippen molar-refractivity contribution < 1.29 is 33.7 Å². The Morgan fingerprint density at radius 1 is 1.11 bits per heavy atom. The summed E-state index contributed by atoms with van der Waals surface area (Å²) < 4.78 is 45.6. The predicted molar refractivity (Wildman–Crippen MR) is 135 cm³/mol. The Bertz CT molecular complexity index is 1120. The molecule has 2 aliphatic rings. The molecule has 202 valence electrons. The Balaban J connectivity index is 0.00000165. The van der Waals surface area contributed by atoms with Crippen molar-refractivity contribution in [3.8, 4) is 0 Å². The van der Waals surface area contributed by atoms with Crippen LogP contribution in [-0.4, -0.2) is 43.5 Å². The van der Waals surface area contributed by atoms with Crippen molar-refractivity contribution in [1.29, 1.82) is 0 Å². The lowest BCUT2D eigenvalue weighted by atomic mass is 9.87. The van der Waals surface area contributed by atoms with E-state index < -0.39 is 61.1 Å². The smallest absolute Gasteiger partial charge is 0.407 e. The molecule has 0 radical (unpaired) electrons. The number of halogens is 3. The lowest BCUT2D eigenvalue weighted by Crippen LogP contribution is -2.55. The van der Waals surface area contributed by atoms with E-state index in [1.54, 1.807) is 12.1 Å². The molecule has 3 amide bonds. The molecule has 2 saturated carbocycles. The number of alkyl halides is 2. The normalized spacial score (nSPS) is 16.8. The zero-order valence-electron chi connectivity index (χ0n) is 21.1. The maximum absolute atomic E-state index is 14.2. The molecule has 0 spiro atoms. The number of nitrogens with zero attached hydrogens (tertiary/aromatic N) is 1. The maximum atomic E-state index is 14.2. The number of rotatable bonds is 8. The number of nitrogens with one attached hydrogen (secondary N) is 2. The van der Waals surface area contributed by atoms with Crippen molar-refractivity contribution in [3.05, 3.63) is 65.5 Å². The highest BCUT2D eigenvalue weighted by molar-refractivity contribution is 6.03. The van der Waals surface area contributed by atoms with Crippen molar-refractivity contribution in [2.75, 3.05) is 18.6 Å². The third-order valence-electron chi connectivity index (χ3n) is 6.18. The van der Waals surface area contributed by atoms with Crippen LogP contribution < -0.4 is 15.5 Å². The Morgan fingerprint density at radius 2 is 1.78 bits per heavy atom. The first kappa shape index (κ1) is 28.0. The standard InChI is InChI=1S/C25H26F3N3O4.C2H6.H2/c1-35-24(34)29-14-21(32)31(18-6-4-5-16(26)11-18)22(23(33)30-17-12-25(27,28)13-17)20-8-3-2-7-19(20)15-9-10-15;1-2;/h2-8,11,15,17,22H,9-10,12-14H2,1H3,(H,29,34)(H,30,33);1-2H3;1H. The molecule has 2 aromatic carbocycles. The van der Waals surface area contributed by atoms with E-state index in [0.717, 1.165) is 36.5 Å². The molecule has 7 nitrogen and oxygen atoms in total. The van der Waals surface area contributed by atoms with Gasteiger partial charge in [-0.25, -0.2) is 18.0 Å². The van der Waals surface area contributed by atoms with Crippen LogP contribution in [0.1, 0.15) is 64.0 Å². The number of hydrogen-bond donors (Lipinski definition) is 2. The lowest BCUT2D eigenvalue weighted by Gasteiger charge is -2.38. The van der Waals surface area contributed by atoms with Gasteiger partial charge in [-0.15, -0.1) is 0 Å². The van der Waals surface area contributed by atoms with E-state index >= 15 is 0 Å². The van der Waals surface area contributed by atoms with Crippen molar-refractivity contribution in [2.24, 2.45) is 0 Å². The molecule has 0 saturated heterocycles. The molecule has 0 aliphatic heterocycles.